The molecule has 0 aliphatic rings. The van der Waals surface area contributed by atoms with E-state index in [0.29, 0.717) is 11.4 Å². The van der Waals surface area contributed by atoms with Crippen LogP contribution >= 0.6 is 0 Å². The molecule has 1 rings (SSSR count). The summed E-state index contributed by atoms with van der Waals surface area (Å²) in [5, 5.41) is 11.4. The predicted molar refractivity (Wildman–Crippen MR) is 49.1 cm³/mol. The lowest BCUT2D eigenvalue weighted by molar-refractivity contribution is 0.00384. The summed E-state index contributed by atoms with van der Waals surface area (Å²) in [4.78, 5) is 3.75. The number of rotatable bonds is 4. The molecule has 0 aliphatic carbocycles. The van der Waals surface area contributed by atoms with Crippen LogP contribution in [-0.2, 0) is 0 Å². The van der Waals surface area contributed by atoms with Crippen LogP contribution in [0.2, 0.25) is 0 Å². The molecule has 0 saturated carbocycles. The van der Waals surface area contributed by atoms with Crippen molar-refractivity contribution in [3.63, 3.8) is 0 Å². The van der Waals surface area contributed by atoms with Gasteiger partial charge in [0.25, 0.3) is 6.43 Å². The van der Waals surface area contributed by atoms with Crippen molar-refractivity contribution in [3.05, 3.63) is 18.5 Å². The summed E-state index contributed by atoms with van der Waals surface area (Å²) in [6, 6.07) is 1.55. The predicted octanol–water partition coefficient (Wildman–Crippen LogP) is 0.702. The fourth-order valence-electron chi connectivity index (χ4n) is 0.866. The highest BCUT2D eigenvalue weighted by Crippen LogP contribution is 2.10. The summed E-state index contributed by atoms with van der Waals surface area (Å²) >= 11 is 0. The Kier molecular flexibility index (Phi) is 3.58. The molecule has 1 atom stereocenters. The van der Waals surface area contributed by atoms with Crippen molar-refractivity contribution < 1.29 is 13.9 Å². The number of alkyl halides is 2. The second-order valence-electron chi connectivity index (χ2n) is 2.79. The molecular weight excluding hydrogens is 192 g/mol. The monoisotopic (exact) mass is 203 g/mol. The second-order valence-corrected chi connectivity index (χ2v) is 2.79. The van der Waals surface area contributed by atoms with Crippen LogP contribution in [0.1, 0.15) is 0 Å². The maximum absolute atomic E-state index is 11.9. The third kappa shape index (κ3) is 3.14. The topological polar surface area (TPSA) is 71.2 Å². The van der Waals surface area contributed by atoms with Crippen molar-refractivity contribution in [1.29, 1.82) is 0 Å². The summed E-state index contributed by atoms with van der Waals surface area (Å²) in [6.07, 6.45) is -1.56. The van der Waals surface area contributed by atoms with Gasteiger partial charge in [0.1, 0.15) is 6.10 Å². The maximum Gasteiger partial charge on any atom is 0.265 e. The Labute approximate surface area is 79.8 Å². The largest absolute Gasteiger partial charge is 0.397 e. The van der Waals surface area contributed by atoms with E-state index in [1.165, 1.54) is 12.4 Å². The molecule has 78 valence electrons. The normalized spacial score (nSPS) is 12.9. The van der Waals surface area contributed by atoms with Crippen LogP contribution in [0.25, 0.3) is 0 Å². The molecule has 0 aliphatic heterocycles. The lowest BCUT2D eigenvalue weighted by Gasteiger charge is -2.11. The molecular formula is C8H11F2N3O. The van der Waals surface area contributed by atoms with E-state index in [4.69, 9.17) is 10.8 Å². The average Bonchev–Trinajstić information content (AvgIpc) is 2.14. The van der Waals surface area contributed by atoms with E-state index in [1.807, 2.05) is 0 Å². The highest BCUT2D eigenvalue weighted by molar-refractivity contribution is 5.51. The van der Waals surface area contributed by atoms with Gasteiger partial charge in [-0.3, -0.25) is 4.98 Å². The zero-order chi connectivity index (χ0) is 10.6. The van der Waals surface area contributed by atoms with Gasteiger partial charge in [-0.1, -0.05) is 0 Å². The molecule has 0 aromatic carbocycles. The molecule has 1 aromatic heterocycles. The van der Waals surface area contributed by atoms with Gasteiger partial charge < -0.3 is 16.2 Å². The molecule has 0 fully saturated rings. The van der Waals surface area contributed by atoms with E-state index in [-0.39, 0.29) is 6.54 Å². The number of aliphatic hydroxyl groups is 1. The zero-order valence-corrected chi connectivity index (χ0v) is 7.32. The van der Waals surface area contributed by atoms with Crippen molar-refractivity contribution in [2.75, 3.05) is 17.6 Å². The number of hydrogen-bond acceptors (Lipinski definition) is 4. The molecule has 1 aromatic rings. The molecule has 0 radical (unpaired) electrons. The Morgan fingerprint density at radius 1 is 1.50 bits per heavy atom. The Hall–Kier alpha value is -1.43. The molecule has 0 spiro atoms. The summed E-state index contributed by atoms with van der Waals surface area (Å²) < 4.78 is 23.8. The standard InChI is InChI=1S/C8H11F2N3O/c9-8(10)7(14)4-13-6-1-5(11)2-12-3-6/h1-3,7-8,13-14H,4,11H2. The highest BCUT2D eigenvalue weighted by Gasteiger charge is 2.15. The summed E-state index contributed by atoms with van der Waals surface area (Å²) in [7, 11) is 0. The first-order valence-corrected chi connectivity index (χ1v) is 4.00. The fraction of sp³-hybridized carbons (Fsp3) is 0.375. The quantitative estimate of drug-likeness (QED) is 0.673. The van der Waals surface area contributed by atoms with E-state index in [1.54, 1.807) is 6.07 Å². The smallest absolute Gasteiger partial charge is 0.265 e. The van der Waals surface area contributed by atoms with Crippen molar-refractivity contribution in [2.24, 2.45) is 0 Å². The molecule has 4 nitrogen and oxygen atoms in total. The van der Waals surface area contributed by atoms with Crippen molar-refractivity contribution in [2.45, 2.75) is 12.5 Å². The molecule has 0 amide bonds. The van der Waals surface area contributed by atoms with E-state index < -0.39 is 12.5 Å². The fourth-order valence-corrected chi connectivity index (χ4v) is 0.866. The molecule has 4 N–H and O–H groups in total. The Balaban J connectivity index is 2.45. The number of hydrogen-bond donors (Lipinski definition) is 3. The van der Waals surface area contributed by atoms with Gasteiger partial charge in [0.05, 0.1) is 17.6 Å². The summed E-state index contributed by atoms with van der Waals surface area (Å²) in [5.41, 5.74) is 6.35. The van der Waals surface area contributed by atoms with Crippen LogP contribution in [-0.4, -0.2) is 29.2 Å². The minimum atomic E-state index is -2.75. The number of halogens is 2. The first-order valence-electron chi connectivity index (χ1n) is 4.00. The van der Waals surface area contributed by atoms with Gasteiger partial charge in [0, 0.05) is 12.7 Å². The molecule has 1 heterocycles. The Morgan fingerprint density at radius 3 is 2.79 bits per heavy atom. The molecule has 0 bridgehead atoms. The third-order valence-electron chi connectivity index (χ3n) is 1.57. The van der Waals surface area contributed by atoms with Gasteiger partial charge in [-0.2, -0.15) is 0 Å². The zero-order valence-electron chi connectivity index (χ0n) is 7.32. The molecule has 14 heavy (non-hydrogen) atoms. The number of nitrogens with two attached hydrogens (primary N) is 1. The van der Waals surface area contributed by atoms with Crippen LogP contribution in [0, 0.1) is 0 Å². The number of nitrogen functional groups attached to an aromatic ring is 1. The van der Waals surface area contributed by atoms with Crippen molar-refractivity contribution in [3.8, 4) is 0 Å². The van der Waals surface area contributed by atoms with Gasteiger partial charge in [0.2, 0.25) is 0 Å². The second kappa shape index (κ2) is 4.71. The molecule has 1 unspecified atom stereocenters. The van der Waals surface area contributed by atoms with Gasteiger partial charge in [0.15, 0.2) is 0 Å². The van der Waals surface area contributed by atoms with Crippen molar-refractivity contribution >= 4 is 11.4 Å². The molecule has 0 saturated heterocycles. The van der Waals surface area contributed by atoms with Gasteiger partial charge in [-0.05, 0) is 6.07 Å². The lowest BCUT2D eigenvalue weighted by Crippen LogP contribution is -2.26. The minimum Gasteiger partial charge on any atom is -0.397 e. The summed E-state index contributed by atoms with van der Waals surface area (Å²) in [5.74, 6) is 0. The maximum atomic E-state index is 11.9. The van der Waals surface area contributed by atoms with Crippen LogP contribution < -0.4 is 11.1 Å². The van der Waals surface area contributed by atoms with E-state index in [2.05, 4.69) is 10.3 Å². The van der Waals surface area contributed by atoms with E-state index in [0.717, 1.165) is 0 Å². The Morgan fingerprint density at radius 2 is 2.21 bits per heavy atom. The number of aliphatic hydroxyl groups excluding tert-OH is 1. The first kappa shape index (κ1) is 10.6. The lowest BCUT2D eigenvalue weighted by atomic mass is 10.3. The van der Waals surface area contributed by atoms with Gasteiger partial charge in [-0.25, -0.2) is 8.78 Å². The number of pyridine rings is 1. The first-order chi connectivity index (χ1) is 6.59. The van der Waals surface area contributed by atoms with Crippen LogP contribution in [0.15, 0.2) is 18.5 Å². The summed E-state index contributed by atoms with van der Waals surface area (Å²) in [6.45, 7) is -0.233. The Bertz CT molecular complexity index is 296. The third-order valence-corrected chi connectivity index (χ3v) is 1.57. The highest BCUT2D eigenvalue weighted by atomic mass is 19.3. The van der Waals surface area contributed by atoms with Gasteiger partial charge >= 0.3 is 0 Å². The number of nitrogens with zero attached hydrogens (tertiary/aromatic N) is 1. The van der Waals surface area contributed by atoms with Gasteiger partial charge in [-0.15, -0.1) is 0 Å². The SMILES string of the molecule is Nc1cncc(NCC(O)C(F)F)c1. The molecule has 6 heteroatoms. The number of anilines is 2. The van der Waals surface area contributed by atoms with Crippen LogP contribution in [0.4, 0.5) is 20.2 Å². The number of aromatic nitrogens is 1. The average molecular weight is 203 g/mol. The van der Waals surface area contributed by atoms with Crippen LogP contribution in [0.5, 0.6) is 0 Å². The van der Waals surface area contributed by atoms with Crippen LogP contribution in [0.3, 0.4) is 0 Å². The number of nitrogens with one attached hydrogen (secondary N) is 1. The van der Waals surface area contributed by atoms with E-state index >= 15 is 0 Å². The minimum absolute atomic E-state index is 0.233. The van der Waals surface area contributed by atoms with E-state index in [9.17, 15) is 8.78 Å². The van der Waals surface area contributed by atoms with Crippen molar-refractivity contribution in [1.82, 2.24) is 4.98 Å².